The van der Waals surface area contributed by atoms with Crippen LogP contribution in [0.4, 0.5) is 39.5 Å². The van der Waals surface area contributed by atoms with E-state index in [4.69, 9.17) is 0 Å². The molecule has 0 aliphatic rings. The second-order valence-electron chi connectivity index (χ2n) is 3.41. The van der Waals surface area contributed by atoms with E-state index in [2.05, 4.69) is 26.8 Å². The van der Waals surface area contributed by atoms with E-state index in [-0.39, 0.29) is 12.1 Å². The molecule has 3 nitrogen and oxygen atoms in total. The molecule has 0 aliphatic heterocycles. The highest BCUT2D eigenvalue weighted by molar-refractivity contribution is 7.80. The van der Waals surface area contributed by atoms with Crippen LogP contribution in [0.5, 0.6) is 17.2 Å². The summed E-state index contributed by atoms with van der Waals surface area (Å²) in [7, 11) is 0. The van der Waals surface area contributed by atoms with Crippen molar-refractivity contribution in [1.82, 2.24) is 0 Å². The molecule has 126 valence electrons. The van der Waals surface area contributed by atoms with Gasteiger partial charge in [-0.05, 0) is 0 Å². The monoisotopic (exact) mass is 362 g/mol. The summed E-state index contributed by atoms with van der Waals surface area (Å²) in [4.78, 5) is -1.12. The standard InChI is InChI=1S/C9H3F9O3S/c10-7(11,12)19-3-1-4(20-8(13,14)15)6(22)5(2-3)21-9(16,17)18/h1-2,22H. The van der Waals surface area contributed by atoms with E-state index in [0.29, 0.717) is 0 Å². The Balaban J connectivity index is 3.30. The van der Waals surface area contributed by atoms with Crippen molar-refractivity contribution < 1.29 is 53.7 Å². The van der Waals surface area contributed by atoms with Gasteiger partial charge in [0, 0.05) is 12.1 Å². The summed E-state index contributed by atoms with van der Waals surface area (Å²) in [6.45, 7) is 0. The quantitative estimate of drug-likeness (QED) is 0.626. The van der Waals surface area contributed by atoms with Crippen LogP contribution in [-0.4, -0.2) is 19.1 Å². The van der Waals surface area contributed by atoms with E-state index < -0.39 is 41.2 Å². The maximum atomic E-state index is 12.1. The average molecular weight is 362 g/mol. The summed E-state index contributed by atoms with van der Waals surface area (Å²) in [6.07, 6.45) is -16.1. The molecule has 0 atom stereocenters. The Labute approximate surface area is 121 Å². The van der Waals surface area contributed by atoms with Gasteiger partial charge >= 0.3 is 19.1 Å². The number of halogens is 9. The molecule has 0 N–H and O–H groups in total. The van der Waals surface area contributed by atoms with Gasteiger partial charge in [0.1, 0.15) is 17.2 Å². The van der Waals surface area contributed by atoms with Gasteiger partial charge in [0.2, 0.25) is 0 Å². The van der Waals surface area contributed by atoms with Gasteiger partial charge in [0.25, 0.3) is 0 Å². The molecule has 0 saturated carbocycles. The van der Waals surface area contributed by atoms with Crippen LogP contribution in [0.25, 0.3) is 0 Å². The number of ether oxygens (including phenoxy) is 3. The van der Waals surface area contributed by atoms with Crippen LogP contribution in [0.2, 0.25) is 0 Å². The summed E-state index contributed by atoms with van der Waals surface area (Å²) in [6, 6.07) is 0.124. The highest BCUT2D eigenvalue weighted by Crippen LogP contribution is 2.42. The topological polar surface area (TPSA) is 27.7 Å². The summed E-state index contributed by atoms with van der Waals surface area (Å²) in [5.41, 5.74) is 0. The molecule has 0 aliphatic carbocycles. The molecule has 0 aromatic heterocycles. The minimum absolute atomic E-state index is 0.0621. The zero-order chi connectivity index (χ0) is 17.3. The third-order valence-electron chi connectivity index (χ3n) is 1.70. The van der Waals surface area contributed by atoms with Gasteiger partial charge in [-0.2, -0.15) is 0 Å². The van der Waals surface area contributed by atoms with Gasteiger partial charge in [-0.15, -0.1) is 52.1 Å². The van der Waals surface area contributed by atoms with Crippen molar-refractivity contribution >= 4 is 12.6 Å². The molecule has 1 rings (SSSR count). The van der Waals surface area contributed by atoms with Crippen molar-refractivity contribution in [3.05, 3.63) is 12.1 Å². The van der Waals surface area contributed by atoms with Crippen LogP contribution in [0.3, 0.4) is 0 Å². The van der Waals surface area contributed by atoms with Gasteiger partial charge in [-0.3, -0.25) is 0 Å². The first-order valence-corrected chi connectivity index (χ1v) is 5.25. The first-order chi connectivity index (χ1) is 9.66. The molecule has 0 amide bonds. The number of alkyl halides is 9. The Morgan fingerprint density at radius 1 is 0.636 bits per heavy atom. The molecule has 0 saturated heterocycles. The van der Waals surface area contributed by atoms with Crippen LogP contribution in [-0.2, 0) is 0 Å². The van der Waals surface area contributed by atoms with E-state index in [0.717, 1.165) is 0 Å². The normalized spacial score (nSPS) is 13.0. The molecule has 13 heteroatoms. The van der Waals surface area contributed by atoms with E-state index in [9.17, 15) is 39.5 Å². The lowest BCUT2D eigenvalue weighted by Crippen LogP contribution is -2.21. The van der Waals surface area contributed by atoms with E-state index in [1.807, 2.05) is 0 Å². The van der Waals surface area contributed by atoms with E-state index in [1.54, 1.807) is 0 Å². The Morgan fingerprint density at radius 3 is 1.23 bits per heavy atom. The molecule has 1 aromatic carbocycles. The van der Waals surface area contributed by atoms with Gasteiger partial charge in [-0.1, -0.05) is 0 Å². The second kappa shape index (κ2) is 5.85. The third kappa shape index (κ3) is 6.41. The van der Waals surface area contributed by atoms with Crippen LogP contribution in [0.1, 0.15) is 0 Å². The SMILES string of the molecule is FC(F)(F)Oc1cc(OC(F)(F)F)c(S)c(OC(F)(F)F)c1. The van der Waals surface area contributed by atoms with Crippen molar-refractivity contribution in [2.75, 3.05) is 0 Å². The number of rotatable bonds is 3. The lowest BCUT2D eigenvalue weighted by atomic mass is 10.3. The van der Waals surface area contributed by atoms with Gasteiger partial charge < -0.3 is 14.2 Å². The van der Waals surface area contributed by atoms with Crippen molar-refractivity contribution in [2.45, 2.75) is 24.0 Å². The first-order valence-electron chi connectivity index (χ1n) is 4.80. The summed E-state index contributed by atoms with van der Waals surface area (Å²) < 4.78 is 118. The van der Waals surface area contributed by atoms with Crippen LogP contribution >= 0.6 is 12.6 Å². The predicted octanol–water partition coefficient (Wildman–Crippen LogP) is 4.67. The molecule has 0 heterocycles. The Kier molecular flexibility index (Phi) is 4.89. The minimum atomic E-state index is -5.39. The Morgan fingerprint density at radius 2 is 0.955 bits per heavy atom. The lowest BCUT2D eigenvalue weighted by Gasteiger charge is -2.17. The van der Waals surface area contributed by atoms with Crippen LogP contribution < -0.4 is 14.2 Å². The summed E-state index contributed by atoms with van der Waals surface area (Å²) in [5, 5.41) is 0. The third-order valence-corrected chi connectivity index (χ3v) is 2.14. The predicted molar refractivity (Wildman–Crippen MR) is 53.7 cm³/mol. The fourth-order valence-electron chi connectivity index (χ4n) is 1.16. The molecule has 0 spiro atoms. The Hall–Kier alpha value is -1.66. The second-order valence-corrected chi connectivity index (χ2v) is 3.86. The fourth-order valence-corrected chi connectivity index (χ4v) is 1.38. The maximum absolute atomic E-state index is 12.1. The minimum Gasteiger partial charge on any atom is -0.406 e. The summed E-state index contributed by atoms with van der Waals surface area (Å²) >= 11 is 3.31. The number of hydrogen-bond acceptors (Lipinski definition) is 4. The van der Waals surface area contributed by atoms with Crippen molar-refractivity contribution in [2.24, 2.45) is 0 Å². The maximum Gasteiger partial charge on any atom is 0.573 e. The van der Waals surface area contributed by atoms with E-state index >= 15 is 0 Å². The average Bonchev–Trinajstić information content (AvgIpc) is 2.18. The summed E-state index contributed by atoms with van der Waals surface area (Å²) in [5.74, 6) is -4.34. The fraction of sp³-hybridized carbons (Fsp3) is 0.333. The highest BCUT2D eigenvalue weighted by Gasteiger charge is 2.37. The van der Waals surface area contributed by atoms with Crippen molar-refractivity contribution in [1.29, 1.82) is 0 Å². The molecule has 0 unspecified atom stereocenters. The number of benzene rings is 1. The first kappa shape index (κ1) is 18.4. The molecular weight excluding hydrogens is 359 g/mol. The van der Waals surface area contributed by atoms with Gasteiger partial charge in [-0.25, -0.2) is 0 Å². The smallest absolute Gasteiger partial charge is 0.406 e. The molecule has 0 radical (unpaired) electrons. The molecule has 22 heavy (non-hydrogen) atoms. The van der Waals surface area contributed by atoms with Crippen molar-refractivity contribution in [3.63, 3.8) is 0 Å². The Bertz CT molecular complexity index is 498. The van der Waals surface area contributed by atoms with Crippen LogP contribution in [0, 0.1) is 0 Å². The lowest BCUT2D eigenvalue weighted by molar-refractivity contribution is -0.279. The highest BCUT2D eigenvalue weighted by atomic mass is 32.1. The van der Waals surface area contributed by atoms with Gasteiger partial charge in [0.15, 0.2) is 0 Å². The molecular formula is C9H3F9O3S. The largest absolute Gasteiger partial charge is 0.573 e. The van der Waals surface area contributed by atoms with Crippen molar-refractivity contribution in [3.8, 4) is 17.2 Å². The zero-order valence-electron chi connectivity index (χ0n) is 9.73. The van der Waals surface area contributed by atoms with Crippen LogP contribution in [0.15, 0.2) is 17.0 Å². The van der Waals surface area contributed by atoms with Gasteiger partial charge in [0.05, 0.1) is 4.90 Å². The molecule has 1 aromatic rings. The number of thiol groups is 1. The van der Waals surface area contributed by atoms with E-state index in [1.165, 1.54) is 0 Å². The molecule has 0 bridgehead atoms. The number of hydrogen-bond donors (Lipinski definition) is 1. The molecule has 0 fully saturated rings. The zero-order valence-corrected chi connectivity index (χ0v) is 10.6.